The standard InChI is InChI=1S/C14H23N3O3S/c1-3-20-13-6-8-17(9-7-13)21(18,19)14-5-4-12(10-15-2)11-16-14/h4-5,11,13,15H,3,6-10H2,1-2H3. The molecule has 0 atom stereocenters. The molecule has 0 saturated carbocycles. The average molecular weight is 313 g/mol. The van der Waals surface area contributed by atoms with Crippen molar-refractivity contribution in [3.05, 3.63) is 23.9 Å². The second kappa shape index (κ2) is 7.31. The van der Waals surface area contributed by atoms with Gasteiger partial charge in [-0.1, -0.05) is 6.07 Å². The van der Waals surface area contributed by atoms with Gasteiger partial charge in [0.15, 0.2) is 5.03 Å². The van der Waals surface area contributed by atoms with Gasteiger partial charge in [0.1, 0.15) is 0 Å². The molecule has 21 heavy (non-hydrogen) atoms. The van der Waals surface area contributed by atoms with E-state index in [1.807, 2.05) is 14.0 Å². The Morgan fingerprint density at radius 1 is 1.38 bits per heavy atom. The monoisotopic (exact) mass is 313 g/mol. The average Bonchev–Trinajstić information content (AvgIpc) is 2.49. The molecule has 118 valence electrons. The fraction of sp³-hybridized carbons (Fsp3) is 0.643. The number of rotatable bonds is 6. The molecule has 1 N–H and O–H groups in total. The van der Waals surface area contributed by atoms with Crippen molar-refractivity contribution in [1.29, 1.82) is 0 Å². The fourth-order valence-electron chi connectivity index (χ4n) is 2.48. The quantitative estimate of drug-likeness (QED) is 0.848. The predicted octanol–water partition coefficient (Wildman–Crippen LogP) is 0.991. The molecule has 6 nitrogen and oxygen atoms in total. The van der Waals surface area contributed by atoms with E-state index in [0.717, 1.165) is 18.4 Å². The van der Waals surface area contributed by atoms with E-state index < -0.39 is 10.0 Å². The molecule has 0 radical (unpaired) electrons. The van der Waals surface area contributed by atoms with Gasteiger partial charge in [0.2, 0.25) is 0 Å². The van der Waals surface area contributed by atoms with E-state index in [1.54, 1.807) is 18.3 Å². The van der Waals surface area contributed by atoms with E-state index in [2.05, 4.69) is 10.3 Å². The summed E-state index contributed by atoms with van der Waals surface area (Å²) in [6.07, 6.45) is 3.26. The van der Waals surface area contributed by atoms with Crippen molar-refractivity contribution in [3.8, 4) is 0 Å². The van der Waals surface area contributed by atoms with Crippen molar-refractivity contribution in [2.45, 2.75) is 37.4 Å². The number of aromatic nitrogens is 1. The Balaban J connectivity index is 2.04. The van der Waals surface area contributed by atoms with Crippen LogP contribution in [-0.4, -0.2) is 50.6 Å². The zero-order chi connectivity index (χ0) is 15.3. The molecule has 2 rings (SSSR count). The third-order valence-electron chi connectivity index (χ3n) is 3.59. The number of piperidine rings is 1. The molecule has 0 aromatic carbocycles. The van der Waals surface area contributed by atoms with E-state index in [-0.39, 0.29) is 11.1 Å². The molecule has 1 saturated heterocycles. The van der Waals surface area contributed by atoms with Gasteiger partial charge >= 0.3 is 0 Å². The molecular weight excluding hydrogens is 290 g/mol. The van der Waals surface area contributed by atoms with Gasteiger partial charge < -0.3 is 10.1 Å². The summed E-state index contributed by atoms with van der Waals surface area (Å²) >= 11 is 0. The van der Waals surface area contributed by atoms with Crippen LogP contribution in [0.2, 0.25) is 0 Å². The molecule has 1 aromatic heterocycles. The van der Waals surface area contributed by atoms with Crippen LogP contribution in [0.5, 0.6) is 0 Å². The number of nitrogens with one attached hydrogen (secondary N) is 1. The third kappa shape index (κ3) is 4.00. The van der Waals surface area contributed by atoms with Crippen LogP contribution in [0.1, 0.15) is 25.3 Å². The lowest BCUT2D eigenvalue weighted by Crippen LogP contribution is -2.41. The van der Waals surface area contributed by atoms with Gasteiger partial charge in [0, 0.05) is 32.4 Å². The summed E-state index contributed by atoms with van der Waals surface area (Å²) in [6.45, 7) is 4.29. The van der Waals surface area contributed by atoms with E-state index in [4.69, 9.17) is 4.74 Å². The first-order valence-corrected chi connectivity index (χ1v) is 8.73. The van der Waals surface area contributed by atoms with Crippen LogP contribution in [0.25, 0.3) is 0 Å². The Bertz CT molecular complexity index is 537. The van der Waals surface area contributed by atoms with Crippen molar-refractivity contribution in [3.63, 3.8) is 0 Å². The summed E-state index contributed by atoms with van der Waals surface area (Å²) in [5.74, 6) is 0. The van der Waals surface area contributed by atoms with E-state index in [0.29, 0.717) is 26.2 Å². The van der Waals surface area contributed by atoms with Crippen LogP contribution in [0.4, 0.5) is 0 Å². The molecule has 0 amide bonds. The number of sulfonamides is 1. The summed E-state index contributed by atoms with van der Waals surface area (Å²) in [4.78, 5) is 4.10. The summed E-state index contributed by atoms with van der Waals surface area (Å²) in [7, 11) is -1.65. The lowest BCUT2D eigenvalue weighted by molar-refractivity contribution is 0.0289. The lowest BCUT2D eigenvalue weighted by Gasteiger charge is -2.30. The first-order valence-electron chi connectivity index (χ1n) is 7.29. The van der Waals surface area contributed by atoms with Crippen molar-refractivity contribution in [2.75, 3.05) is 26.7 Å². The number of nitrogens with zero attached hydrogens (tertiary/aromatic N) is 2. The Hall–Kier alpha value is -1.02. The van der Waals surface area contributed by atoms with Crippen LogP contribution in [0.15, 0.2) is 23.4 Å². The Kier molecular flexibility index (Phi) is 5.69. The topological polar surface area (TPSA) is 71.5 Å². The van der Waals surface area contributed by atoms with Crippen molar-refractivity contribution in [1.82, 2.24) is 14.6 Å². The first-order chi connectivity index (χ1) is 10.1. The van der Waals surface area contributed by atoms with Crippen LogP contribution >= 0.6 is 0 Å². The second-order valence-corrected chi connectivity index (χ2v) is 6.98. The molecule has 0 bridgehead atoms. The van der Waals surface area contributed by atoms with Crippen LogP contribution in [-0.2, 0) is 21.3 Å². The number of pyridine rings is 1. The largest absolute Gasteiger partial charge is 0.378 e. The van der Waals surface area contributed by atoms with Crippen molar-refractivity contribution in [2.24, 2.45) is 0 Å². The highest BCUT2D eigenvalue weighted by Crippen LogP contribution is 2.21. The molecule has 1 aliphatic rings. The van der Waals surface area contributed by atoms with Crippen LogP contribution < -0.4 is 5.32 Å². The van der Waals surface area contributed by atoms with Crippen molar-refractivity contribution < 1.29 is 13.2 Å². The van der Waals surface area contributed by atoms with Gasteiger partial charge in [-0.2, -0.15) is 4.31 Å². The van der Waals surface area contributed by atoms with E-state index in [1.165, 1.54) is 4.31 Å². The van der Waals surface area contributed by atoms with E-state index >= 15 is 0 Å². The molecule has 7 heteroatoms. The highest BCUT2D eigenvalue weighted by Gasteiger charge is 2.30. The highest BCUT2D eigenvalue weighted by molar-refractivity contribution is 7.89. The smallest absolute Gasteiger partial charge is 0.260 e. The van der Waals surface area contributed by atoms with Gasteiger partial charge in [-0.25, -0.2) is 13.4 Å². The zero-order valence-electron chi connectivity index (χ0n) is 12.6. The maximum atomic E-state index is 12.5. The molecule has 2 heterocycles. The second-order valence-electron chi connectivity index (χ2n) is 5.09. The summed E-state index contributed by atoms with van der Waals surface area (Å²) in [5, 5.41) is 3.13. The molecule has 1 aromatic rings. The van der Waals surface area contributed by atoms with Gasteiger partial charge in [-0.3, -0.25) is 0 Å². The number of hydrogen-bond donors (Lipinski definition) is 1. The maximum Gasteiger partial charge on any atom is 0.260 e. The highest BCUT2D eigenvalue weighted by atomic mass is 32.2. The number of hydrogen-bond acceptors (Lipinski definition) is 5. The normalized spacial score (nSPS) is 18.0. The van der Waals surface area contributed by atoms with Gasteiger partial charge in [-0.15, -0.1) is 0 Å². The Morgan fingerprint density at radius 3 is 2.62 bits per heavy atom. The van der Waals surface area contributed by atoms with E-state index in [9.17, 15) is 8.42 Å². The molecular formula is C14H23N3O3S. The van der Waals surface area contributed by atoms with Gasteiger partial charge in [-0.05, 0) is 38.4 Å². The zero-order valence-corrected chi connectivity index (χ0v) is 13.4. The Labute approximate surface area is 126 Å². The minimum atomic E-state index is -3.49. The number of ether oxygens (including phenoxy) is 1. The lowest BCUT2D eigenvalue weighted by atomic mass is 10.1. The molecule has 0 spiro atoms. The Morgan fingerprint density at radius 2 is 2.10 bits per heavy atom. The minimum absolute atomic E-state index is 0.122. The predicted molar refractivity (Wildman–Crippen MR) is 80.4 cm³/mol. The first kappa shape index (κ1) is 16.4. The van der Waals surface area contributed by atoms with Crippen LogP contribution in [0, 0.1) is 0 Å². The molecule has 0 aliphatic carbocycles. The third-order valence-corrected chi connectivity index (χ3v) is 5.40. The summed E-state index contributed by atoms with van der Waals surface area (Å²) < 4.78 is 32.1. The SMILES string of the molecule is CCOC1CCN(S(=O)(=O)c2ccc(CNC)cn2)CC1. The molecule has 0 unspecified atom stereocenters. The van der Waals surface area contributed by atoms with Gasteiger partial charge in [0.05, 0.1) is 6.10 Å². The minimum Gasteiger partial charge on any atom is -0.378 e. The summed E-state index contributed by atoms with van der Waals surface area (Å²) in [6, 6.07) is 3.37. The van der Waals surface area contributed by atoms with Crippen LogP contribution in [0.3, 0.4) is 0 Å². The summed E-state index contributed by atoms with van der Waals surface area (Å²) in [5.41, 5.74) is 0.964. The fourth-order valence-corrected chi connectivity index (χ4v) is 3.86. The van der Waals surface area contributed by atoms with Crippen molar-refractivity contribution >= 4 is 10.0 Å². The van der Waals surface area contributed by atoms with Gasteiger partial charge in [0.25, 0.3) is 10.0 Å². The molecule has 1 fully saturated rings. The maximum absolute atomic E-state index is 12.5. The molecule has 1 aliphatic heterocycles.